The minimum atomic E-state index is -0.993. The Kier molecular flexibility index (Phi) is 3.62. The number of carboxylic acid groups (broad SMARTS) is 1. The Hall–Kier alpha value is -2.70. The first-order valence-electron chi connectivity index (χ1n) is 7.12. The van der Waals surface area contributed by atoms with E-state index in [1.165, 1.54) is 16.9 Å². The highest BCUT2D eigenvalue weighted by Crippen LogP contribution is 2.21. The first-order chi connectivity index (χ1) is 10.6. The molecule has 2 aromatic heterocycles. The molecule has 114 valence electrons. The molecular formula is C15H16N4O3. The molecule has 0 atom stereocenters. The zero-order valence-electron chi connectivity index (χ0n) is 12.2. The minimum Gasteiger partial charge on any atom is -0.478 e. The van der Waals surface area contributed by atoms with Crippen LogP contribution in [-0.4, -0.2) is 32.4 Å². The second-order valence-corrected chi connectivity index (χ2v) is 5.15. The Morgan fingerprint density at radius 3 is 2.86 bits per heavy atom. The topological polar surface area (TPSA) is 88.3 Å². The predicted molar refractivity (Wildman–Crippen MR) is 80.1 cm³/mol. The molecule has 22 heavy (non-hydrogen) atoms. The van der Waals surface area contributed by atoms with Crippen molar-refractivity contribution in [1.82, 2.24) is 14.8 Å². The summed E-state index contributed by atoms with van der Waals surface area (Å²) in [5, 5.41) is 13.3. The Labute approximate surface area is 126 Å². The van der Waals surface area contributed by atoms with Gasteiger partial charge in [0.25, 0.3) is 5.56 Å². The summed E-state index contributed by atoms with van der Waals surface area (Å²) in [6.07, 6.45) is 2.08. The largest absolute Gasteiger partial charge is 0.478 e. The van der Waals surface area contributed by atoms with Crippen molar-refractivity contribution in [3.63, 3.8) is 0 Å². The number of pyridine rings is 1. The van der Waals surface area contributed by atoms with Crippen molar-refractivity contribution in [3.8, 4) is 0 Å². The van der Waals surface area contributed by atoms with Crippen LogP contribution in [0.25, 0.3) is 0 Å². The highest BCUT2D eigenvalue weighted by atomic mass is 16.4. The maximum absolute atomic E-state index is 11.9. The number of aryl methyl sites for hydroxylation is 1. The fourth-order valence-corrected chi connectivity index (χ4v) is 2.56. The van der Waals surface area contributed by atoms with Gasteiger partial charge in [0.1, 0.15) is 5.82 Å². The number of carbonyl (C=O) groups is 1. The van der Waals surface area contributed by atoms with Gasteiger partial charge in [0.15, 0.2) is 0 Å². The Morgan fingerprint density at radius 1 is 1.41 bits per heavy atom. The van der Waals surface area contributed by atoms with Crippen LogP contribution >= 0.6 is 0 Å². The van der Waals surface area contributed by atoms with Crippen LogP contribution in [0.1, 0.15) is 28.5 Å². The van der Waals surface area contributed by atoms with Crippen molar-refractivity contribution in [2.24, 2.45) is 0 Å². The van der Waals surface area contributed by atoms with Gasteiger partial charge in [0.05, 0.1) is 11.3 Å². The van der Waals surface area contributed by atoms with E-state index in [9.17, 15) is 9.59 Å². The van der Waals surface area contributed by atoms with Crippen molar-refractivity contribution < 1.29 is 9.90 Å². The highest BCUT2D eigenvalue weighted by Gasteiger charge is 2.20. The number of aromatic carboxylic acids is 1. The zero-order valence-corrected chi connectivity index (χ0v) is 12.2. The molecule has 7 nitrogen and oxygen atoms in total. The van der Waals surface area contributed by atoms with Gasteiger partial charge in [-0.1, -0.05) is 0 Å². The molecule has 0 bridgehead atoms. The molecule has 0 fully saturated rings. The number of fused-ring (bicyclic) bond motifs is 1. The van der Waals surface area contributed by atoms with E-state index in [4.69, 9.17) is 5.11 Å². The third-order valence-corrected chi connectivity index (χ3v) is 3.76. The van der Waals surface area contributed by atoms with Crippen LogP contribution in [-0.2, 0) is 19.5 Å². The first-order valence-corrected chi connectivity index (χ1v) is 7.12. The SMILES string of the molecule is CCn1nc2c(cc1=O)CN(c1ccc(C(=O)O)cn1)CC2. The summed E-state index contributed by atoms with van der Waals surface area (Å²) in [5.41, 5.74) is 1.91. The summed E-state index contributed by atoms with van der Waals surface area (Å²) < 4.78 is 1.47. The molecule has 0 unspecified atom stereocenters. The average Bonchev–Trinajstić information content (AvgIpc) is 2.53. The summed E-state index contributed by atoms with van der Waals surface area (Å²) in [5.74, 6) is -0.289. The molecule has 1 aliphatic heterocycles. The lowest BCUT2D eigenvalue weighted by Gasteiger charge is -2.29. The van der Waals surface area contributed by atoms with E-state index in [-0.39, 0.29) is 11.1 Å². The maximum Gasteiger partial charge on any atom is 0.337 e. The van der Waals surface area contributed by atoms with Crippen molar-refractivity contribution in [1.29, 1.82) is 0 Å². The van der Waals surface area contributed by atoms with Crippen molar-refractivity contribution in [3.05, 3.63) is 51.6 Å². The fraction of sp³-hybridized carbons (Fsp3) is 0.333. The van der Waals surface area contributed by atoms with Crippen molar-refractivity contribution in [2.75, 3.05) is 11.4 Å². The molecule has 0 radical (unpaired) electrons. The number of anilines is 1. The predicted octanol–water partition coefficient (Wildman–Crippen LogP) is 0.919. The van der Waals surface area contributed by atoms with Gasteiger partial charge in [0.2, 0.25) is 0 Å². The van der Waals surface area contributed by atoms with E-state index in [1.54, 1.807) is 12.1 Å². The van der Waals surface area contributed by atoms with E-state index in [1.807, 2.05) is 11.8 Å². The van der Waals surface area contributed by atoms with E-state index >= 15 is 0 Å². The Bertz CT molecular complexity index is 767. The quantitative estimate of drug-likeness (QED) is 0.906. The normalized spacial score (nSPS) is 13.8. The third-order valence-electron chi connectivity index (χ3n) is 3.76. The van der Waals surface area contributed by atoms with Crippen LogP contribution in [0, 0.1) is 0 Å². The van der Waals surface area contributed by atoms with Gasteiger partial charge in [-0.25, -0.2) is 14.5 Å². The molecular weight excluding hydrogens is 284 g/mol. The van der Waals surface area contributed by atoms with Gasteiger partial charge < -0.3 is 10.0 Å². The lowest BCUT2D eigenvalue weighted by molar-refractivity contribution is 0.0696. The molecule has 7 heteroatoms. The second kappa shape index (κ2) is 5.59. The smallest absolute Gasteiger partial charge is 0.337 e. The number of hydrogen-bond acceptors (Lipinski definition) is 5. The molecule has 1 aliphatic rings. The van der Waals surface area contributed by atoms with Gasteiger partial charge in [-0.05, 0) is 19.1 Å². The van der Waals surface area contributed by atoms with Crippen molar-refractivity contribution >= 4 is 11.8 Å². The van der Waals surface area contributed by atoms with E-state index < -0.39 is 5.97 Å². The summed E-state index contributed by atoms with van der Waals surface area (Å²) in [4.78, 5) is 29.0. The zero-order chi connectivity index (χ0) is 15.7. The monoisotopic (exact) mass is 300 g/mol. The van der Waals surface area contributed by atoms with Gasteiger partial charge in [-0.3, -0.25) is 4.79 Å². The molecule has 0 saturated carbocycles. The van der Waals surface area contributed by atoms with Crippen LogP contribution < -0.4 is 10.5 Å². The maximum atomic E-state index is 11.9. The molecule has 2 aromatic rings. The molecule has 0 spiro atoms. The lowest BCUT2D eigenvalue weighted by Crippen LogP contribution is -2.35. The van der Waals surface area contributed by atoms with Gasteiger partial charge in [-0.2, -0.15) is 5.10 Å². The molecule has 0 saturated heterocycles. The van der Waals surface area contributed by atoms with Gasteiger partial charge >= 0.3 is 5.97 Å². The summed E-state index contributed by atoms with van der Waals surface area (Å²) in [7, 11) is 0. The number of rotatable bonds is 3. The fourth-order valence-electron chi connectivity index (χ4n) is 2.56. The standard InChI is InChI=1S/C15H16N4O3/c1-2-19-14(20)7-11-9-18(6-5-12(11)17-19)13-4-3-10(8-16-13)15(21)22/h3-4,7-8H,2,5-6,9H2,1H3,(H,21,22). The molecule has 0 amide bonds. The van der Waals surface area contributed by atoms with Gasteiger partial charge in [0, 0.05) is 43.9 Å². The minimum absolute atomic E-state index is 0.0997. The Balaban J connectivity index is 1.86. The van der Waals surface area contributed by atoms with Gasteiger partial charge in [-0.15, -0.1) is 0 Å². The summed E-state index contributed by atoms with van der Waals surface area (Å²) in [6, 6.07) is 4.85. The molecule has 3 rings (SSSR count). The van der Waals surface area contributed by atoms with Crippen molar-refractivity contribution in [2.45, 2.75) is 26.4 Å². The van der Waals surface area contributed by atoms with E-state index in [0.29, 0.717) is 18.9 Å². The van der Waals surface area contributed by atoms with E-state index in [0.717, 1.165) is 24.2 Å². The summed E-state index contributed by atoms with van der Waals surface area (Å²) in [6.45, 7) is 3.75. The molecule has 1 N–H and O–H groups in total. The van der Waals surface area contributed by atoms with Crippen LogP contribution in [0.4, 0.5) is 5.82 Å². The molecule has 0 aliphatic carbocycles. The highest BCUT2D eigenvalue weighted by molar-refractivity contribution is 5.87. The van der Waals surface area contributed by atoms with Crippen LogP contribution in [0.15, 0.2) is 29.2 Å². The van der Waals surface area contributed by atoms with E-state index in [2.05, 4.69) is 10.1 Å². The second-order valence-electron chi connectivity index (χ2n) is 5.15. The average molecular weight is 300 g/mol. The number of nitrogens with zero attached hydrogens (tertiary/aromatic N) is 4. The number of carboxylic acids is 1. The first kappa shape index (κ1) is 14.2. The molecule has 0 aromatic carbocycles. The summed E-state index contributed by atoms with van der Waals surface area (Å²) >= 11 is 0. The van der Waals surface area contributed by atoms with Crippen LogP contribution in [0.3, 0.4) is 0 Å². The van der Waals surface area contributed by atoms with Crippen LogP contribution in [0.2, 0.25) is 0 Å². The number of hydrogen-bond donors (Lipinski definition) is 1. The van der Waals surface area contributed by atoms with Crippen LogP contribution in [0.5, 0.6) is 0 Å². The number of aromatic nitrogens is 3. The Morgan fingerprint density at radius 2 is 2.23 bits per heavy atom. The molecule has 3 heterocycles. The third kappa shape index (κ3) is 2.57. The lowest BCUT2D eigenvalue weighted by atomic mass is 10.1.